The van der Waals surface area contributed by atoms with Gasteiger partial charge in [0.15, 0.2) is 0 Å². The highest BCUT2D eigenvalue weighted by molar-refractivity contribution is 5.82. The molecule has 22 heavy (non-hydrogen) atoms. The summed E-state index contributed by atoms with van der Waals surface area (Å²) in [6, 6.07) is 9.61. The maximum Gasteiger partial charge on any atom is 0.237 e. The normalized spacial score (nSPS) is 22.0. The van der Waals surface area contributed by atoms with Gasteiger partial charge >= 0.3 is 0 Å². The Balaban J connectivity index is 1.87. The van der Waals surface area contributed by atoms with E-state index in [0.29, 0.717) is 6.42 Å². The molecule has 0 spiro atoms. The second kappa shape index (κ2) is 8.30. The van der Waals surface area contributed by atoms with Crippen LogP contribution in [-0.2, 0) is 11.2 Å². The highest BCUT2D eigenvalue weighted by Gasteiger charge is 2.29. The van der Waals surface area contributed by atoms with Crippen molar-refractivity contribution in [1.82, 2.24) is 10.2 Å². The van der Waals surface area contributed by atoms with Crippen molar-refractivity contribution in [2.45, 2.75) is 57.7 Å². The summed E-state index contributed by atoms with van der Waals surface area (Å²) in [5.74, 6) is 0.0566. The van der Waals surface area contributed by atoms with Gasteiger partial charge in [-0.2, -0.15) is 0 Å². The molecule has 1 aromatic rings. The summed E-state index contributed by atoms with van der Waals surface area (Å²) in [7, 11) is 0. The van der Waals surface area contributed by atoms with Gasteiger partial charge in [0.2, 0.25) is 5.91 Å². The SMILES string of the molecule is CCN1CCCCC1C(=O)NC(C)C(O)Cc1ccccc1. The number of rotatable bonds is 6. The van der Waals surface area contributed by atoms with Gasteiger partial charge in [-0.15, -0.1) is 0 Å². The van der Waals surface area contributed by atoms with E-state index in [1.54, 1.807) is 0 Å². The van der Waals surface area contributed by atoms with Crippen LogP contribution in [0.4, 0.5) is 0 Å². The van der Waals surface area contributed by atoms with Crippen LogP contribution in [0.2, 0.25) is 0 Å². The largest absolute Gasteiger partial charge is 0.391 e. The molecule has 1 saturated heterocycles. The zero-order chi connectivity index (χ0) is 15.9. The zero-order valence-electron chi connectivity index (χ0n) is 13.7. The lowest BCUT2D eigenvalue weighted by Crippen LogP contribution is -2.53. The third kappa shape index (κ3) is 4.55. The van der Waals surface area contributed by atoms with Gasteiger partial charge in [-0.1, -0.05) is 43.7 Å². The minimum Gasteiger partial charge on any atom is -0.391 e. The van der Waals surface area contributed by atoms with Gasteiger partial charge < -0.3 is 10.4 Å². The van der Waals surface area contributed by atoms with E-state index in [-0.39, 0.29) is 18.0 Å². The van der Waals surface area contributed by atoms with Crippen LogP contribution in [0, 0.1) is 0 Å². The Bertz CT molecular complexity index is 463. The number of hydrogen-bond acceptors (Lipinski definition) is 3. The quantitative estimate of drug-likeness (QED) is 0.845. The lowest BCUT2D eigenvalue weighted by atomic mass is 9.99. The molecule has 0 aliphatic carbocycles. The van der Waals surface area contributed by atoms with Crippen molar-refractivity contribution < 1.29 is 9.90 Å². The minimum atomic E-state index is -0.565. The monoisotopic (exact) mass is 304 g/mol. The number of nitrogens with one attached hydrogen (secondary N) is 1. The molecule has 0 radical (unpaired) electrons. The highest BCUT2D eigenvalue weighted by atomic mass is 16.3. The first-order valence-corrected chi connectivity index (χ1v) is 8.38. The molecule has 1 aromatic carbocycles. The molecule has 1 aliphatic heterocycles. The number of benzene rings is 1. The molecule has 3 unspecified atom stereocenters. The molecule has 1 heterocycles. The fourth-order valence-electron chi connectivity index (χ4n) is 3.12. The summed E-state index contributed by atoms with van der Waals surface area (Å²) in [6.45, 7) is 5.87. The first kappa shape index (κ1) is 17.0. The number of carbonyl (C=O) groups excluding carboxylic acids is 1. The number of likely N-dealkylation sites (tertiary alicyclic amines) is 1. The maximum atomic E-state index is 12.5. The van der Waals surface area contributed by atoms with Crippen molar-refractivity contribution in [2.24, 2.45) is 0 Å². The summed E-state index contributed by atoms with van der Waals surface area (Å²) in [6.07, 6.45) is 3.19. The average Bonchev–Trinajstić information content (AvgIpc) is 2.55. The van der Waals surface area contributed by atoms with Crippen LogP contribution in [0.15, 0.2) is 30.3 Å². The van der Waals surface area contributed by atoms with Gasteiger partial charge in [0, 0.05) is 6.42 Å². The molecule has 1 aliphatic rings. The van der Waals surface area contributed by atoms with Gasteiger partial charge in [0.1, 0.15) is 0 Å². The van der Waals surface area contributed by atoms with E-state index in [1.807, 2.05) is 37.3 Å². The Kier molecular flexibility index (Phi) is 6.40. The molecule has 3 atom stereocenters. The van der Waals surface area contributed by atoms with E-state index in [0.717, 1.165) is 31.5 Å². The Hall–Kier alpha value is -1.39. The molecule has 0 saturated carbocycles. The van der Waals surface area contributed by atoms with Crippen molar-refractivity contribution in [3.8, 4) is 0 Å². The average molecular weight is 304 g/mol. The van der Waals surface area contributed by atoms with Crippen LogP contribution >= 0.6 is 0 Å². The van der Waals surface area contributed by atoms with Crippen LogP contribution < -0.4 is 5.32 Å². The second-order valence-corrected chi connectivity index (χ2v) is 6.19. The van der Waals surface area contributed by atoms with E-state index < -0.39 is 6.10 Å². The summed E-state index contributed by atoms with van der Waals surface area (Å²) >= 11 is 0. The Labute approximate surface area is 133 Å². The predicted octanol–water partition coefficient (Wildman–Crippen LogP) is 1.97. The number of hydrogen-bond donors (Lipinski definition) is 2. The van der Waals surface area contributed by atoms with Crippen molar-refractivity contribution >= 4 is 5.91 Å². The lowest BCUT2D eigenvalue weighted by molar-refractivity contribution is -0.129. The number of amides is 1. The highest BCUT2D eigenvalue weighted by Crippen LogP contribution is 2.17. The number of aliphatic hydroxyl groups is 1. The number of likely N-dealkylation sites (N-methyl/N-ethyl adjacent to an activating group) is 1. The molecule has 0 bridgehead atoms. The Morgan fingerprint density at radius 1 is 1.36 bits per heavy atom. The zero-order valence-corrected chi connectivity index (χ0v) is 13.7. The summed E-state index contributed by atoms with van der Waals surface area (Å²) < 4.78 is 0. The lowest BCUT2D eigenvalue weighted by Gasteiger charge is -2.34. The summed E-state index contributed by atoms with van der Waals surface area (Å²) in [5.41, 5.74) is 1.09. The minimum absolute atomic E-state index is 0.0369. The standard InChI is InChI=1S/C18H28N2O2/c1-3-20-12-8-7-11-16(20)18(22)19-14(2)17(21)13-15-9-5-4-6-10-15/h4-6,9-10,14,16-17,21H,3,7-8,11-13H2,1-2H3,(H,19,22). The van der Waals surface area contributed by atoms with Crippen LogP contribution in [0.5, 0.6) is 0 Å². The molecule has 1 amide bonds. The summed E-state index contributed by atoms with van der Waals surface area (Å²) in [5, 5.41) is 13.3. The number of piperidine rings is 1. The van der Waals surface area contributed by atoms with E-state index in [9.17, 15) is 9.90 Å². The maximum absolute atomic E-state index is 12.5. The predicted molar refractivity (Wildman–Crippen MR) is 88.6 cm³/mol. The van der Waals surface area contributed by atoms with E-state index in [4.69, 9.17) is 0 Å². The van der Waals surface area contributed by atoms with Crippen molar-refractivity contribution in [3.05, 3.63) is 35.9 Å². The van der Waals surface area contributed by atoms with Crippen LogP contribution in [-0.4, -0.2) is 47.2 Å². The van der Waals surface area contributed by atoms with Crippen LogP contribution in [0.3, 0.4) is 0 Å². The number of carbonyl (C=O) groups is 1. The van der Waals surface area contributed by atoms with E-state index in [1.165, 1.54) is 6.42 Å². The molecule has 122 valence electrons. The molecule has 4 heteroatoms. The second-order valence-electron chi connectivity index (χ2n) is 6.19. The molecule has 2 N–H and O–H groups in total. The van der Waals surface area contributed by atoms with Crippen LogP contribution in [0.1, 0.15) is 38.7 Å². The number of aliphatic hydroxyl groups excluding tert-OH is 1. The molecule has 1 fully saturated rings. The van der Waals surface area contributed by atoms with Gasteiger partial charge in [0.25, 0.3) is 0 Å². The molecular weight excluding hydrogens is 276 g/mol. The molecule has 4 nitrogen and oxygen atoms in total. The third-order valence-corrected chi connectivity index (χ3v) is 4.56. The Morgan fingerprint density at radius 3 is 2.77 bits per heavy atom. The summed E-state index contributed by atoms with van der Waals surface area (Å²) in [4.78, 5) is 14.7. The Morgan fingerprint density at radius 2 is 2.09 bits per heavy atom. The van der Waals surface area contributed by atoms with E-state index in [2.05, 4.69) is 17.1 Å². The van der Waals surface area contributed by atoms with E-state index >= 15 is 0 Å². The first-order valence-electron chi connectivity index (χ1n) is 8.38. The first-order chi connectivity index (χ1) is 10.6. The molecular formula is C18H28N2O2. The smallest absolute Gasteiger partial charge is 0.237 e. The third-order valence-electron chi connectivity index (χ3n) is 4.56. The molecule has 2 rings (SSSR count). The van der Waals surface area contributed by atoms with Crippen molar-refractivity contribution in [3.63, 3.8) is 0 Å². The van der Waals surface area contributed by atoms with Gasteiger partial charge in [-0.3, -0.25) is 9.69 Å². The van der Waals surface area contributed by atoms with Crippen molar-refractivity contribution in [1.29, 1.82) is 0 Å². The number of nitrogens with zero attached hydrogens (tertiary/aromatic N) is 1. The fraction of sp³-hybridized carbons (Fsp3) is 0.611. The fourth-order valence-corrected chi connectivity index (χ4v) is 3.12. The van der Waals surface area contributed by atoms with Crippen molar-refractivity contribution in [2.75, 3.05) is 13.1 Å². The van der Waals surface area contributed by atoms with Crippen LogP contribution in [0.25, 0.3) is 0 Å². The van der Waals surface area contributed by atoms with Gasteiger partial charge in [0.05, 0.1) is 18.2 Å². The topological polar surface area (TPSA) is 52.6 Å². The van der Waals surface area contributed by atoms with Gasteiger partial charge in [-0.25, -0.2) is 0 Å². The van der Waals surface area contributed by atoms with Gasteiger partial charge in [-0.05, 0) is 38.4 Å². The molecule has 0 aromatic heterocycles.